The lowest BCUT2D eigenvalue weighted by Crippen LogP contribution is -2.56. The first-order chi connectivity index (χ1) is 10.5. The van der Waals surface area contributed by atoms with Crippen molar-refractivity contribution in [1.82, 2.24) is 0 Å². The van der Waals surface area contributed by atoms with Crippen LogP contribution in [0.2, 0.25) is 0 Å². The minimum atomic E-state index is -0.0299. The number of hydrogen-bond donors (Lipinski definition) is 0. The summed E-state index contributed by atoms with van der Waals surface area (Å²) in [5.74, 6) is 2.89. The lowest BCUT2D eigenvalue weighted by Gasteiger charge is -2.59. The Morgan fingerprint density at radius 1 is 1.00 bits per heavy atom. The summed E-state index contributed by atoms with van der Waals surface area (Å²) in [5.41, 5.74) is 0.233. The van der Waals surface area contributed by atoms with Crippen molar-refractivity contribution in [3.05, 3.63) is 0 Å². The van der Waals surface area contributed by atoms with Crippen LogP contribution in [0, 0.1) is 40.4 Å². The topological polar surface area (TPSA) is 34.1 Å². The lowest BCUT2D eigenvalue weighted by atomic mass is 9.44. The Bertz CT molecular complexity index is 498. The van der Waals surface area contributed by atoms with Gasteiger partial charge < -0.3 is 4.79 Å². The highest BCUT2D eigenvalue weighted by Gasteiger charge is 2.62. The fraction of sp³-hybridized carbons (Fsp3) is 0.900. The first-order valence-electron chi connectivity index (χ1n) is 9.49. The molecule has 4 unspecified atom stereocenters. The van der Waals surface area contributed by atoms with E-state index in [1.54, 1.807) is 0 Å². The molecule has 2 nitrogen and oxygen atoms in total. The summed E-state index contributed by atoms with van der Waals surface area (Å²) in [4.78, 5) is 24.7. The second kappa shape index (κ2) is 4.92. The third-order valence-electron chi connectivity index (χ3n) is 8.50. The second-order valence-electron chi connectivity index (χ2n) is 9.24. The maximum Gasteiger partial charge on any atom is 0.137 e. The molecule has 4 aliphatic carbocycles. The standard InChI is InChI=1S/C20H30O2/c1-19-10-4-3-5-13(19)6-8-15-16-9-7-14(12-21)20(16,2)11-17(22)18(15)19/h12-16,18H,3-11H2,1-2H3/t13?,14-,15?,16?,18?,19+,20-/m1/s1. The molecule has 4 rings (SSSR count). The van der Waals surface area contributed by atoms with Crippen LogP contribution in [-0.2, 0) is 9.59 Å². The molecule has 2 heteroatoms. The molecule has 0 spiro atoms. The Morgan fingerprint density at radius 3 is 2.59 bits per heavy atom. The number of ketones is 1. The van der Waals surface area contributed by atoms with Crippen molar-refractivity contribution in [2.24, 2.45) is 40.4 Å². The highest BCUT2D eigenvalue weighted by atomic mass is 16.1. The quantitative estimate of drug-likeness (QED) is 0.672. The van der Waals surface area contributed by atoms with Crippen molar-refractivity contribution < 1.29 is 9.59 Å². The van der Waals surface area contributed by atoms with E-state index in [0.29, 0.717) is 30.0 Å². The molecule has 0 aliphatic heterocycles. The van der Waals surface area contributed by atoms with Gasteiger partial charge in [0.2, 0.25) is 0 Å². The van der Waals surface area contributed by atoms with Gasteiger partial charge in [-0.1, -0.05) is 26.7 Å². The first-order valence-corrected chi connectivity index (χ1v) is 9.49. The van der Waals surface area contributed by atoms with Crippen molar-refractivity contribution >= 4 is 12.1 Å². The number of carbonyl (C=O) groups is 2. The Kier molecular flexibility index (Phi) is 3.33. The molecular weight excluding hydrogens is 272 g/mol. The fourth-order valence-electron chi connectivity index (χ4n) is 7.37. The molecule has 0 aromatic carbocycles. The smallest absolute Gasteiger partial charge is 0.137 e. The van der Waals surface area contributed by atoms with E-state index in [9.17, 15) is 9.59 Å². The molecule has 4 saturated carbocycles. The van der Waals surface area contributed by atoms with Gasteiger partial charge in [-0.05, 0) is 67.1 Å². The molecule has 0 N–H and O–H groups in total. The van der Waals surface area contributed by atoms with Gasteiger partial charge in [-0.25, -0.2) is 0 Å². The van der Waals surface area contributed by atoms with Crippen LogP contribution >= 0.6 is 0 Å². The maximum absolute atomic E-state index is 13.2. The third-order valence-corrected chi connectivity index (χ3v) is 8.50. The molecule has 22 heavy (non-hydrogen) atoms. The predicted octanol–water partition coefficient (Wildman–Crippen LogP) is 4.41. The Balaban J connectivity index is 1.71. The largest absolute Gasteiger partial charge is 0.303 e. The van der Waals surface area contributed by atoms with E-state index in [-0.39, 0.29) is 16.7 Å². The zero-order valence-electron chi connectivity index (χ0n) is 14.1. The number of fused-ring (bicyclic) bond motifs is 5. The molecule has 4 aliphatic rings. The average Bonchev–Trinajstić information content (AvgIpc) is 2.82. The molecule has 0 aromatic heterocycles. The zero-order valence-corrected chi connectivity index (χ0v) is 14.1. The normalized spacial score (nSPS) is 54.3. The summed E-state index contributed by atoms with van der Waals surface area (Å²) < 4.78 is 0. The van der Waals surface area contributed by atoms with Gasteiger partial charge in [0.25, 0.3) is 0 Å². The summed E-state index contributed by atoms with van der Waals surface area (Å²) >= 11 is 0. The molecular formula is C20H30O2. The van der Waals surface area contributed by atoms with Gasteiger partial charge in [0.15, 0.2) is 0 Å². The molecule has 0 radical (unpaired) electrons. The van der Waals surface area contributed by atoms with Crippen molar-refractivity contribution in [2.45, 2.75) is 71.6 Å². The van der Waals surface area contributed by atoms with Crippen LogP contribution in [0.15, 0.2) is 0 Å². The number of aldehydes is 1. The Hall–Kier alpha value is -0.660. The summed E-state index contributed by atoms with van der Waals surface area (Å²) in [6, 6.07) is 0. The summed E-state index contributed by atoms with van der Waals surface area (Å²) in [5, 5.41) is 0. The van der Waals surface area contributed by atoms with E-state index in [1.807, 2.05) is 0 Å². The van der Waals surface area contributed by atoms with Gasteiger partial charge in [0.05, 0.1) is 0 Å². The van der Waals surface area contributed by atoms with Crippen molar-refractivity contribution in [2.75, 3.05) is 0 Å². The van der Waals surface area contributed by atoms with Gasteiger partial charge in [-0.3, -0.25) is 4.79 Å². The minimum Gasteiger partial charge on any atom is -0.303 e. The summed E-state index contributed by atoms with van der Waals surface area (Å²) in [6.45, 7) is 4.67. The van der Waals surface area contributed by atoms with Gasteiger partial charge in [0.1, 0.15) is 12.1 Å². The highest BCUT2D eigenvalue weighted by molar-refractivity contribution is 5.85. The van der Waals surface area contributed by atoms with Crippen LogP contribution < -0.4 is 0 Å². The SMILES string of the molecule is C[C@]12CCCCC1CCC1C2C(=O)C[C@@]2(C)C1CC[C@@H]2C=O. The van der Waals surface area contributed by atoms with Gasteiger partial charge in [-0.2, -0.15) is 0 Å². The minimum absolute atomic E-state index is 0.0299. The van der Waals surface area contributed by atoms with Crippen molar-refractivity contribution in [3.8, 4) is 0 Å². The maximum atomic E-state index is 13.2. The first kappa shape index (κ1) is 14.9. The van der Waals surface area contributed by atoms with Crippen molar-refractivity contribution in [3.63, 3.8) is 0 Å². The number of rotatable bonds is 1. The molecule has 0 bridgehead atoms. The predicted molar refractivity (Wildman–Crippen MR) is 86.3 cm³/mol. The fourth-order valence-corrected chi connectivity index (χ4v) is 7.37. The molecule has 0 amide bonds. The molecule has 122 valence electrons. The Morgan fingerprint density at radius 2 is 1.82 bits per heavy atom. The van der Waals surface area contributed by atoms with E-state index in [4.69, 9.17) is 0 Å². The third kappa shape index (κ3) is 1.79. The van der Waals surface area contributed by atoms with Crippen LogP contribution in [0.1, 0.15) is 71.6 Å². The summed E-state index contributed by atoms with van der Waals surface area (Å²) in [7, 11) is 0. The monoisotopic (exact) mass is 302 g/mol. The second-order valence-corrected chi connectivity index (χ2v) is 9.24. The molecule has 4 fully saturated rings. The average molecular weight is 302 g/mol. The molecule has 7 atom stereocenters. The highest BCUT2D eigenvalue weighted by Crippen LogP contribution is 2.66. The van der Waals surface area contributed by atoms with E-state index < -0.39 is 0 Å². The van der Waals surface area contributed by atoms with Gasteiger partial charge in [0, 0.05) is 18.3 Å². The van der Waals surface area contributed by atoms with Crippen LogP contribution in [0.3, 0.4) is 0 Å². The zero-order chi connectivity index (χ0) is 15.5. The van der Waals surface area contributed by atoms with E-state index in [0.717, 1.165) is 18.6 Å². The lowest BCUT2D eigenvalue weighted by molar-refractivity contribution is -0.157. The molecule has 0 aromatic rings. The van der Waals surface area contributed by atoms with Gasteiger partial charge in [-0.15, -0.1) is 0 Å². The summed E-state index contributed by atoms with van der Waals surface area (Å²) in [6.07, 6.45) is 11.8. The van der Waals surface area contributed by atoms with Crippen molar-refractivity contribution in [1.29, 1.82) is 0 Å². The molecule has 0 heterocycles. The number of Topliss-reactive ketones (excluding diaryl/α,β-unsaturated/α-hetero) is 1. The van der Waals surface area contributed by atoms with Crippen LogP contribution in [0.5, 0.6) is 0 Å². The van der Waals surface area contributed by atoms with Crippen LogP contribution in [0.25, 0.3) is 0 Å². The number of carbonyl (C=O) groups excluding carboxylic acids is 2. The molecule has 0 saturated heterocycles. The van der Waals surface area contributed by atoms with Crippen LogP contribution in [-0.4, -0.2) is 12.1 Å². The Labute approximate surface area is 134 Å². The number of hydrogen-bond acceptors (Lipinski definition) is 2. The van der Waals surface area contributed by atoms with Gasteiger partial charge >= 0.3 is 0 Å². The van der Waals surface area contributed by atoms with Crippen LogP contribution in [0.4, 0.5) is 0 Å². The van der Waals surface area contributed by atoms with E-state index >= 15 is 0 Å². The van der Waals surface area contributed by atoms with E-state index in [2.05, 4.69) is 13.8 Å². The van der Waals surface area contributed by atoms with E-state index in [1.165, 1.54) is 44.9 Å².